The first-order chi connectivity index (χ1) is 25.1. The van der Waals surface area contributed by atoms with Crippen molar-refractivity contribution < 1.29 is 52.6 Å². The summed E-state index contributed by atoms with van der Waals surface area (Å²) in [6.07, 6.45) is -1.26. The number of cyclic esters (lactones) is 1. The van der Waals surface area contributed by atoms with Crippen LogP contribution in [0.3, 0.4) is 0 Å². The molecular formula is C41H64N2O11. The van der Waals surface area contributed by atoms with E-state index in [1.807, 2.05) is 52.8 Å². The molecule has 1 N–H and O–H groups in total. The van der Waals surface area contributed by atoms with Gasteiger partial charge in [-0.3, -0.25) is 4.90 Å². The van der Waals surface area contributed by atoms with Crippen LogP contribution in [0.2, 0.25) is 0 Å². The summed E-state index contributed by atoms with van der Waals surface area (Å²) >= 11 is 0. The van der Waals surface area contributed by atoms with Gasteiger partial charge in [0.15, 0.2) is 12.4 Å². The summed E-state index contributed by atoms with van der Waals surface area (Å²) in [4.78, 5) is 43.5. The molecule has 0 radical (unpaired) electrons. The van der Waals surface area contributed by atoms with Crippen LogP contribution in [0.15, 0.2) is 54.3 Å². The van der Waals surface area contributed by atoms with Gasteiger partial charge in [-0.05, 0) is 86.5 Å². The zero-order chi connectivity index (χ0) is 40.8. The first-order valence-corrected chi connectivity index (χ1v) is 18.7. The molecule has 5 unspecified atom stereocenters. The third-order valence-corrected chi connectivity index (χ3v) is 9.84. The molecule has 0 aromatic heterocycles. The molecule has 2 heterocycles. The normalized spacial score (nSPS) is 25.0. The number of aliphatic hydroxyl groups excluding tert-OH is 1. The fraction of sp³-hybridized carbons (Fsp3) is 0.683. The molecule has 1 saturated heterocycles. The van der Waals surface area contributed by atoms with Crippen LogP contribution >= 0.6 is 0 Å². The largest absolute Gasteiger partial charge is 0.456 e. The van der Waals surface area contributed by atoms with Crippen molar-refractivity contribution in [2.24, 2.45) is 11.8 Å². The van der Waals surface area contributed by atoms with Gasteiger partial charge in [-0.25, -0.2) is 14.4 Å². The maximum atomic E-state index is 13.6. The first-order valence-electron chi connectivity index (χ1n) is 18.7. The number of aliphatic hydroxyl groups is 1. The molecule has 13 nitrogen and oxygen atoms in total. The lowest BCUT2D eigenvalue weighted by molar-refractivity contribution is -0.298. The Morgan fingerprint density at radius 1 is 1.11 bits per heavy atom. The van der Waals surface area contributed by atoms with Crippen LogP contribution < -0.4 is 0 Å². The van der Waals surface area contributed by atoms with Crippen LogP contribution in [-0.4, -0.2) is 121 Å². The number of methoxy groups -OCH3 is 1. The molecule has 0 spiro atoms. The quantitative estimate of drug-likeness (QED) is 0.118. The Kier molecular flexibility index (Phi) is 15.3. The number of benzene rings is 1. The lowest BCUT2D eigenvalue weighted by atomic mass is 9.80. The lowest BCUT2D eigenvalue weighted by Gasteiger charge is -2.48. The van der Waals surface area contributed by atoms with Crippen LogP contribution in [0.25, 0.3) is 0 Å². The zero-order valence-corrected chi connectivity index (χ0v) is 34.5. The minimum Gasteiger partial charge on any atom is -0.456 e. The standard InChI is InChI=1S/C41H64N2O11/c1-15-30(24-44)43(38(47)54-39(6,7)8)23-25(2)22-41(11,48-14)34(27(4)32-28(5)35(45)53-40(9,10)52-32)51-37-33(31(42(12)13)21-26(3)49-37)50-36(46)29-19-17-16-18-20-29/h15-20,25-27,30-31,33-34,37,44H,1,21-24H2,2-14H3/t25?,26-,27?,30?,31+,33-,34?,37+,41?/m1/s1. The van der Waals surface area contributed by atoms with Crippen molar-refractivity contribution >= 4 is 18.0 Å². The predicted molar refractivity (Wildman–Crippen MR) is 203 cm³/mol. The van der Waals surface area contributed by atoms with Gasteiger partial charge in [-0.1, -0.05) is 38.1 Å². The molecule has 2 aliphatic heterocycles. The molecule has 1 aromatic rings. The Labute approximate surface area is 321 Å². The van der Waals surface area contributed by atoms with Crippen LogP contribution in [0.5, 0.6) is 0 Å². The van der Waals surface area contributed by atoms with Crippen molar-refractivity contribution in [3.8, 4) is 0 Å². The summed E-state index contributed by atoms with van der Waals surface area (Å²) in [5.74, 6) is -2.81. The van der Waals surface area contributed by atoms with Gasteiger partial charge in [-0.2, -0.15) is 0 Å². The molecule has 2 aliphatic rings. The molecule has 304 valence electrons. The van der Waals surface area contributed by atoms with E-state index < -0.39 is 65.5 Å². The lowest BCUT2D eigenvalue weighted by Crippen LogP contribution is -2.60. The molecule has 13 heteroatoms. The third kappa shape index (κ3) is 11.5. The number of esters is 2. The van der Waals surface area contributed by atoms with Gasteiger partial charge < -0.3 is 43.2 Å². The van der Waals surface area contributed by atoms with Crippen molar-refractivity contribution in [2.75, 3.05) is 34.4 Å². The summed E-state index contributed by atoms with van der Waals surface area (Å²) in [6.45, 7) is 21.6. The molecule has 3 rings (SSSR count). The number of carbonyl (C=O) groups excluding carboxylic acids is 3. The number of hydrogen-bond donors (Lipinski definition) is 1. The summed E-state index contributed by atoms with van der Waals surface area (Å²) < 4.78 is 43.7. The molecule has 0 bridgehead atoms. The highest BCUT2D eigenvalue weighted by atomic mass is 16.7. The second-order valence-electron chi connectivity index (χ2n) is 16.5. The third-order valence-electron chi connectivity index (χ3n) is 9.84. The Balaban J connectivity index is 2.11. The van der Waals surface area contributed by atoms with Crippen molar-refractivity contribution in [3.05, 3.63) is 59.9 Å². The topological polar surface area (TPSA) is 143 Å². The van der Waals surface area contributed by atoms with Gasteiger partial charge in [0.2, 0.25) is 5.79 Å². The Morgan fingerprint density at radius 2 is 1.74 bits per heavy atom. The minimum atomic E-state index is -1.25. The van der Waals surface area contributed by atoms with E-state index in [9.17, 15) is 19.5 Å². The fourth-order valence-electron chi connectivity index (χ4n) is 7.18. The second kappa shape index (κ2) is 18.4. The van der Waals surface area contributed by atoms with E-state index in [1.165, 1.54) is 11.0 Å². The zero-order valence-electron chi connectivity index (χ0n) is 34.5. The average molecular weight is 761 g/mol. The van der Waals surface area contributed by atoms with Gasteiger partial charge in [0.25, 0.3) is 0 Å². The molecule has 54 heavy (non-hydrogen) atoms. The molecule has 0 saturated carbocycles. The van der Waals surface area contributed by atoms with Gasteiger partial charge in [0.05, 0.1) is 47.6 Å². The predicted octanol–water partition coefficient (Wildman–Crippen LogP) is 6.10. The summed E-state index contributed by atoms with van der Waals surface area (Å²) in [5.41, 5.74) is -1.22. The summed E-state index contributed by atoms with van der Waals surface area (Å²) in [5, 5.41) is 10.2. The number of ether oxygens (including phenoxy) is 7. The number of hydrogen-bond acceptors (Lipinski definition) is 12. The van der Waals surface area contributed by atoms with Gasteiger partial charge in [-0.15, -0.1) is 6.58 Å². The maximum Gasteiger partial charge on any atom is 0.410 e. The van der Waals surface area contributed by atoms with Crippen LogP contribution in [-0.2, 0) is 38.0 Å². The highest BCUT2D eigenvalue weighted by Gasteiger charge is 2.50. The highest BCUT2D eigenvalue weighted by Crippen LogP contribution is 2.41. The Morgan fingerprint density at radius 3 is 2.28 bits per heavy atom. The highest BCUT2D eigenvalue weighted by molar-refractivity contribution is 5.90. The van der Waals surface area contributed by atoms with E-state index >= 15 is 0 Å². The minimum absolute atomic E-state index is 0.181. The van der Waals surface area contributed by atoms with Gasteiger partial charge in [0, 0.05) is 33.4 Å². The second-order valence-corrected chi connectivity index (χ2v) is 16.5. The summed E-state index contributed by atoms with van der Waals surface area (Å²) in [7, 11) is 5.41. The molecule has 1 aromatic carbocycles. The van der Waals surface area contributed by atoms with Crippen LogP contribution in [0.4, 0.5) is 4.79 Å². The molecule has 0 aliphatic carbocycles. The van der Waals surface area contributed by atoms with Crippen molar-refractivity contribution in [3.63, 3.8) is 0 Å². The summed E-state index contributed by atoms with van der Waals surface area (Å²) in [6, 6.07) is 7.77. The smallest absolute Gasteiger partial charge is 0.410 e. The van der Waals surface area contributed by atoms with E-state index in [4.69, 9.17) is 33.2 Å². The number of carbonyl (C=O) groups is 3. The SMILES string of the molecule is C=CC(CO)N(CC(C)CC(C)(OC)C(O[C@@H]1O[C@H](C)C[C@H](N(C)C)[C@H]1OC(=O)c1ccccc1)C(C)C1=C(C)C(=O)OC(C)(C)O1)C(=O)OC(C)(C)C. The van der Waals surface area contributed by atoms with Crippen molar-refractivity contribution in [1.82, 2.24) is 9.80 Å². The monoisotopic (exact) mass is 760 g/mol. The Hall–Kier alpha value is -3.49. The van der Waals surface area contributed by atoms with Crippen LogP contribution in [0.1, 0.15) is 92.4 Å². The van der Waals surface area contributed by atoms with Gasteiger partial charge in [0.1, 0.15) is 11.4 Å². The number of likely N-dealkylation sites (N-methyl/N-ethyl adjacent to an activating group) is 1. The van der Waals surface area contributed by atoms with Crippen LogP contribution in [0, 0.1) is 11.8 Å². The molecular weight excluding hydrogens is 696 g/mol. The molecule has 1 fully saturated rings. The van der Waals surface area contributed by atoms with E-state index in [0.717, 1.165) is 0 Å². The van der Waals surface area contributed by atoms with E-state index in [1.54, 1.807) is 72.9 Å². The van der Waals surface area contributed by atoms with Crippen molar-refractivity contribution in [1.29, 1.82) is 0 Å². The first kappa shape index (κ1) is 44.9. The molecule has 9 atom stereocenters. The maximum absolute atomic E-state index is 13.6. The number of nitrogens with zero attached hydrogens (tertiary/aromatic N) is 2. The number of amides is 1. The average Bonchev–Trinajstić information content (AvgIpc) is 3.08. The molecule has 1 amide bonds. The van der Waals surface area contributed by atoms with E-state index in [0.29, 0.717) is 24.2 Å². The van der Waals surface area contributed by atoms with Gasteiger partial charge >= 0.3 is 18.0 Å². The number of rotatable bonds is 16. The van der Waals surface area contributed by atoms with E-state index in [-0.39, 0.29) is 36.8 Å². The fourth-order valence-corrected chi connectivity index (χ4v) is 7.18. The van der Waals surface area contributed by atoms with Crippen molar-refractivity contribution in [2.45, 2.75) is 136 Å². The van der Waals surface area contributed by atoms with E-state index in [2.05, 4.69) is 6.58 Å². The Bertz CT molecular complexity index is 1470.